The van der Waals surface area contributed by atoms with Gasteiger partial charge in [0.15, 0.2) is 0 Å². The van der Waals surface area contributed by atoms with Gasteiger partial charge in [0.25, 0.3) is 0 Å². The van der Waals surface area contributed by atoms with Gasteiger partial charge in [-0.3, -0.25) is 0 Å². The highest BCUT2D eigenvalue weighted by Gasteiger charge is 2.18. The molecule has 114 valence electrons. The first-order valence-corrected chi connectivity index (χ1v) is 7.13. The zero-order chi connectivity index (χ0) is 16.3. The second-order valence-electron chi connectivity index (χ2n) is 6.33. The third-order valence-corrected chi connectivity index (χ3v) is 3.61. The molecule has 0 aliphatic carbocycles. The molecule has 4 nitrogen and oxygen atoms in total. The molecule has 22 heavy (non-hydrogen) atoms. The Morgan fingerprint density at radius 2 is 1.86 bits per heavy atom. The standard InChI is InChI=1S/C18H19NO3/c1-18(2,3)14-6-4-12(5-7-14)13(11-19)10-15-8-9-16(22-15)17(20)21/h4-9,13H,10H2,1-3H3,(H,20,21). The number of hydrogen-bond donors (Lipinski definition) is 1. The number of carboxylic acid groups (broad SMARTS) is 1. The predicted octanol–water partition coefficient (Wildman–Crippen LogP) is 4.13. The predicted molar refractivity (Wildman–Crippen MR) is 82.9 cm³/mol. The van der Waals surface area contributed by atoms with E-state index in [9.17, 15) is 10.1 Å². The van der Waals surface area contributed by atoms with E-state index in [0.29, 0.717) is 12.2 Å². The number of nitriles is 1. The topological polar surface area (TPSA) is 74.2 Å². The van der Waals surface area contributed by atoms with Crippen LogP contribution in [0.25, 0.3) is 0 Å². The second kappa shape index (κ2) is 6.07. The Labute approximate surface area is 130 Å². The molecule has 2 aromatic rings. The zero-order valence-corrected chi connectivity index (χ0v) is 13.0. The average molecular weight is 297 g/mol. The molecular formula is C18H19NO3. The minimum atomic E-state index is -1.10. The van der Waals surface area contributed by atoms with Crippen LogP contribution in [0, 0.1) is 11.3 Å². The molecule has 1 heterocycles. The van der Waals surface area contributed by atoms with Gasteiger partial charge in [0.1, 0.15) is 5.76 Å². The molecule has 0 saturated carbocycles. The molecule has 1 unspecified atom stereocenters. The maximum Gasteiger partial charge on any atom is 0.371 e. The summed E-state index contributed by atoms with van der Waals surface area (Å²) in [5.41, 5.74) is 2.18. The Balaban J connectivity index is 2.18. The van der Waals surface area contributed by atoms with Crippen molar-refractivity contribution in [2.45, 2.75) is 38.5 Å². The summed E-state index contributed by atoms with van der Waals surface area (Å²) in [5.74, 6) is -1.06. The van der Waals surface area contributed by atoms with Crippen molar-refractivity contribution in [3.63, 3.8) is 0 Å². The molecule has 2 rings (SSSR count). The van der Waals surface area contributed by atoms with Crippen LogP contribution in [-0.2, 0) is 11.8 Å². The number of aromatic carboxylic acids is 1. The van der Waals surface area contributed by atoms with E-state index in [-0.39, 0.29) is 17.1 Å². The summed E-state index contributed by atoms with van der Waals surface area (Å²) in [6.45, 7) is 6.42. The van der Waals surface area contributed by atoms with Crippen molar-refractivity contribution in [2.75, 3.05) is 0 Å². The monoisotopic (exact) mass is 297 g/mol. The van der Waals surface area contributed by atoms with Crippen LogP contribution in [-0.4, -0.2) is 11.1 Å². The van der Waals surface area contributed by atoms with Gasteiger partial charge in [0.05, 0.1) is 12.0 Å². The summed E-state index contributed by atoms with van der Waals surface area (Å²) in [6, 6.07) is 13.2. The maximum atomic E-state index is 10.8. The number of hydrogen-bond acceptors (Lipinski definition) is 3. The van der Waals surface area contributed by atoms with Crippen LogP contribution in [0.15, 0.2) is 40.8 Å². The summed E-state index contributed by atoms with van der Waals surface area (Å²) in [4.78, 5) is 10.8. The molecule has 0 aliphatic heterocycles. The van der Waals surface area contributed by atoms with Crippen LogP contribution >= 0.6 is 0 Å². The zero-order valence-electron chi connectivity index (χ0n) is 13.0. The van der Waals surface area contributed by atoms with Crippen molar-refractivity contribution in [1.82, 2.24) is 0 Å². The summed E-state index contributed by atoms with van der Waals surface area (Å²) in [5, 5.41) is 18.2. The van der Waals surface area contributed by atoms with Gasteiger partial charge in [0.2, 0.25) is 5.76 Å². The number of nitrogens with zero attached hydrogens (tertiary/aromatic N) is 1. The van der Waals surface area contributed by atoms with Crippen molar-refractivity contribution in [2.24, 2.45) is 0 Å². The van der Waals surface area contributed by atoms with E-state index in [1.54, 1.807) is 6.07 Å². The van der Waals surface area contributed by atoms with Gasteiger partial charge >= 0.3 is 5.97 Å². The van der Waals surface area contributed by atoms with Crippen molar-refractivity contribution in [3.05, 3.63) is 59.0 Å². The number of furan rings is 1. The molecule has 0 fully saturated rings. The van der Waals surface area contributed by atoms with Crippen LogP contribution in [0.4, 0.5) is 0 Å². The quantitative estimate of drug-likeness (QED) is 0.921. The van der Waals surface area contributed by atoms with E-state index >= 15 is 0 Å². The molecule has 0 aliphatic rings. The largest absolute Gasteiger partial charge is 0.475 e. The SMILES string of the molecule is CC(C)(C)c1ccc(C(C#N)Cc2ccc(C(=O)O)o2)cc1. The molecule has 0 radical (unpaired) electrons. The number of rotatable bonds is 4. The van der Waals surface area contributed by atoms with Gasteiger partial charge in [-0.25, -0.2) is 4.79 Å². The highest BCUT2D eigenvalue weighted by atomic mass is 16.4. The third kappa shape index (κ3) is 3.56. The summed E-state index contributed by atoms with van der Waals surface area (Å²) >= 11 is 0. The fourth-order valence-corrected chi connectivity index (χ4v) is 2.26. The molecule has 1 aromatic carbocycles. The van der Waals surface area contributed by atoms with Gasteiger partial charge in [-0.15, -0.1) is 0 Å². The highest BCUT2D eigenvalue weighted by Crippen LogP contribution is 2.26. The third-order valence-electron chi connectivity index (χ3n) is 3.61. The van der Waals surface area contributed by atoms with E-state index in [1.807, 2.05) is 24.3 Å². The van der Waals surface area contributed by atoms with Crippen LogP contribution < -0.4 is 0 Å². The Morgan fingerprint density at radius 1 is 1.23 bits per heavy atom. The van der Waals surface area contributed by atoms with Crippen molar-refractivity contribution >= 4 is 5.97 Å². The lowest BCUT2D eigenvalue weighted by Crippen LogP contribution is -2.11. The molecule has 0 amide bonds. The first-order chi connectivity index (χ1) is 10.3. The normalized spacial score (nSPS) is 12.6. The Hall–Kier alpha value is -2.54. The minimum Gasteiger partial charge on any atom is -0.475 e. The molecular weight excluding hydrogens is 278 g/mol. The Kier molecular flexibility index (Phi) is 4.37. The molecule has 4 heteroatoms. The van der Waals surface area contributed by atoms with E-state index in [1.165, 1.54) is 11.6 Å². The van der Waals surface area contributed by atoms with E-state index in [4.69, 9.17) is 9.52 Å². The summed E-state index contributed by atoms with van der Waals surface area (Å²) in [7, 11) is 0. The van der Waals surface area contributed by atoms with Crippen LogP contribution in [0.2, 0.25) is 0 Å². The van der Waals surface area contributed by atoms with Gasteiger partial charge in [0, 0.05) is 6.42 Å². The van der Waals surface area contributed by atoms with Crippen molar-refractivity contribution in [1.29, 1.82) is 5.26 Å². The maximum absolute atomic E-state index is 10.8. The van der Waals surface area contributed by atoms with E-state index in [2.05, 4.69) is 26.8 Å². The minimum absolute atomic E-state index is 0.0675. The number of carbonyl (C=O) groups is 1. The van der Waals surface area contributed by atoms with Crippen LogP contribution in [0.5, 0.6) is 0 Å². The van der Waals surface area contributed by atoms with Gasteiger partial charge in [-0.2, -0.15) is 5.26 Å². The highest BCUT2D eigenvalue weighted by molar-refractivity contribution is 5.84. The first-order valence-electron chi connectivity index (χ1n) is 7.13. The average Bonchev–Trinajstić information content (AvgIpc) is 2.93. The fourth-order valence-electron chi connectivity index (χ4n) is 2.26. The molecule has 0 saturated heterocycles. The molecule has 1 atom stereocenters. The Bertz CT molecular complexity index is 699. The first kappa shape index (κ1) is 15.8. The molecule has 1 N–H and O–H groups in total. The summed E-state index contributed by atoms with van der Waals surface area (Å²) in [6.07, 6.45) is 0.360. The van der Waals surface area contributed by atoms with E-state index in [0.717, 1.165) is 5.56 Å². The molecule has 0 bridgehead atoms. The van der Waals surface area contributed by atoms with Crippen molar-refractivity contribution in [3.8, 4) is 6.07 Å². The smallest absolute Gasteiger partial charge is 0.371 e. The van der Waals surface area contributed by atoms with Crippen LogP contribution in [0.3, 0.4) is 0 Å². The fraction of sp³-hybridized carbons (Fsp3) is 0.333. The van der Waals surface area contributed by atoms with Crippen LogP contribution in [0.1, 0.15) is 54.1 Å². The lowest BCUT2D eigenvalue weighted by molar-refractivity contribution is 0.0660. The van der Waals surface area contributed by atoms with Gasteiger partial charge < -0.3 is 9.52 Å². The molecule has 0 spiro atoms. The van der Waals surface area contributed by atoms with E-state index < -0.39 is 5.97 Å². The lowest BCUT2D eigenvalue weighted by atomic mass is 9.85. The van der Waals surface area contributed by atoms with Crippen molar-refractivity contribution < 1.29 is 14.3 Å². The Morgan fingerprint density at radius 3 is 2.32 bits per heavy atom. The second-order valence-corrected chi connectivity index (χ2v) is 6.33. The van der Waals surface area contributed by atoms with Gasteiger partial charge in [-0.05, 0) is 28.7 Å². The van der Waals surface area contributed by atoms with Gasteiger partial charge in [-0.1, -0.05) is 45.0 Å². The lowest BCUT2D eigenvalue weighted by Gasteiger charge is -2.19. The molecule has 1 aromatic heterocycles. The number of benzene rings is 1. The summed E-state index contributed by atoms with van der Waals surface area (Å²) < 4.78 is 5.23. The number of carboxylic acids is 1.